The third-order valence-corrected chi connectivity index (χ3v) is 5.31. The molecular weight excluding hydrogens is 404 g/mol. The van der Waals surface area contributed by atoms with Crippen LogP contribution in [-0.4, -0.2) is 43.5 Å². The summed E-state index contributed by atoms with van der Waals surface area (Å²) in [5, 5.41) is 10.6. The number of benzene rings is 3. The summed E-state index contributed by atoms with van der Waals surface area (Å²) < 4.78 is 5.41. The molecule has 1 heterocycles. The molecule has 0 saturated carbocycles. The third kappa shape index (κ3) is 4.84. The number of rotatable bonds is 8. The van der Waals surface area contributed by atoms with Crippen molar-refractivity contribution in [3.8, 4) is 11.1 Å². The van der Waals surface area contributed by atoms with Gasteiger partial charge in [0.15, 0.2) is 5.78 Å². The van der Waals surface area contributed by atoms with E-state index in [0.717, 1.165) is 11.1 Å². The van der Waals surface area contributed by atoms with Crippen molar-refractivity contribution >= 4 is 23.4 Å². The van der Waals surface area contributed by atoms with Gasteiger partial charge in [0.1, 0.15) is 11.9 Å². The molecule has 32 heavy (non-hydrogen) atoms. The van der Waals surface area contributed by atoms with E-state index in [0.29, 0.717) is 29.9 Å². The van der Waals surface area contributed by atoms with Crippen LogP contribution in [0.3, 0.4) is 0 Å². The molecule has 3 aromatic rings. The van der Waals surface area contributed by atoms with E-state index in [-0.39, 0.29) is 24.3 Å². The Kier molecular flexibility index (Phi) is 6.28. The summed E-state index contributed by atoms with van der Waals surface area (Å²) in [5.41, 5.74) is 9.49. The van der Waals surface area contributed by atoms with Crippen LogP contribution in [0.25, 0.3) is 11.1 Å². The first-order valence-corrected chi connectivity index (χ1v) is 10.3. The van der Waals surface area contributed by atoms with Gasteiger partial charge in [-0.1, -0.05) is 66.7 Å². The van der Waals surface area contributed by atoms with Gasteiger partial charge < -0.3 is 15.8 Å². The number of ether oxygens (including phenoxy) is 1. The standard InChI is InChI=1S/C25H24N4O3/c26-24(27)20-7-4-8-21(13-20)29-16-22(32-25(29)31)14-28-15-23(30)19-11-9-18(10-12-19)17-5-2-1-3-6-17/h1-13,22,28H,14-16H2,(H3,26,27). The molecule has 0 bridgehead atoms. The number of hydrogen-bond acceptors (Lipinski definition) is 5. The van der Waals surface area contributed by atoms with Crippen LogP contribution in [0.4, 0.5) is 10.5 Å². The number of Topliss-reactive ketones (excluding diaryl/α,β-unsaturated/α-hetero) is 1. The van der Waals surface area contributed by atoms with E-state index < -0.39 is 6.09 Å². The van der Waals surface area contributed by atoms with Crippen LogP contribution in [0, 0.1) is 5.41 Å². The number of anilines is 1. The van der Waals surface area contributed by atoms with Crippen LogP contribution in [0.5, 0.6) is 0 Å². The van der Waals surface area contributed by atoms with Crippen LogP contribution in [-0.2, 0) is 4.74 Å². The highest BCUT2D eigenvalue weighted by Gasteiger charge is 2.32. The number of nitrogens with one attached hydrogen (secondary N) is 2. The average molecular weight is 428 g/mol. The SMILES string of the molecule is N=C(N)c1cccc(N2CC(CNCC(=O)c3ccc(-c4ccccc4)cc3)OC2=O)c1. The van der Waals surface area contributed by atoms with Gasteiger partial charge in [-0.25, -0.2) is 4.79 Å². The van der Waals surface area contributed by atoms with Gasteiger partial charge >= 0.3 is 6.09 Å². The molecule has 0 radical (unpaired) electrons. The monoisotopic (exact) mass is 428 g/mol. The number of carbonyl (C=O) groups excluding carboxylic acids is 2. The number of cyclic esters (lactones) is 1. The number of carbonyl (C=O) groups is 2. The van der Waals surface area contributed by atoms with Gasteiger partial charge in [-0.15, -0.1) is 0 Å². The molecule has 1 aliphatic rings. The highest BCUT2D eigenvalue weighted by molar-refractivity contribution is 5.98. The van der Waals surface area contributed by atoms with Crippen molar-refractivity contribution in [1.82, 2.24) is 5.32 Å². The lowest BCUT2D eigenvalue weighted by atomic mass is 10.0. The number of nitrogen functional groups attached to an aromatic ring is 1. The Morgan fingerprint density at radius 3 is 2.44 bits per heavy atom. The molecule has 1 amide bonds. The fourth-order valence-electron chi connectivity index (χ4n) is 3.61. The summed E-state index contributed by atoms with van der Waals surface area (Å²) in [6.45, 7) is 0.869. The van der Waals surface area contributed by atoms with Crippen molar-refractivity contribution in [2.75, 3.05) is 24.5 Å². The fourth-order valence-corrected chi connectivity index (χ4v) is 3.61. The van der Waals surface area contributed by atoms with Crippen molar-refractivity contribution in [3.63, 3.8) is 0 Å². The molecule has 0 spiro atoms. The smallest absolute Gasteiger partial charge is 0.414 e. The van der Waals surface area contributed by atoms with Crippen molar-refractivity contribution in [3.05, 3.63) is 90.0 Å². The maximum atomic E-state index is 12.5. The predicted octanol–water partition coefficient (Wildman–Crippen LogP) is 3.44. The van der Waals surface area contributed by atoms with E-state index in [1.165, 1.54) is 4.90 Å². The minimum absolute atomic E-state index is 0.0278. The van der Waals surface area contributed by atoms with E-state index in [1.807, 2.05) is 54.6 Å². The van der Waals surface area contributed by atoms with Gasteiger partial charge in [-0.3, -0.25) is 15.1 Å². The molecule has 1 unspecified atom stereocenters. The number of nitrogens with two attached hydrogens (primary N) is 1. The number of amidine groups is 1. The maximum Gasteiger partial charge on any atom is 0.414 e. The van der Waals surface area contributed by atoms with Gasteiger partial charge in [-0.05, 0) is 23.3 Å². The van der Waals surface area contributed by atoms with Crippen LogP contribution in [0.2, 0.25) is 0 Å². The number of amides is 1. The van der Waals surface area contributed by atoms with Crippen molar-refractivity contribution < 1.29 is 14.3 Å². The first-order chi connectivity index (χ1) is 15.5. The Morgan fingerprint density at radius 2 is 1.72 bits per heavy atom. The Balaban J connectivity index is 1.29. The van der Waals surface area contributed by atoms with Crippen LogP contribution in [0.1, 0.15) is 15.9 Å². The Bertz CT molecular complexity index is 1130. The molecule has 0 aliphatic carbocycles. The number of hydrogen-bond donors (Lipinski definition) is 3. The summed E-state index contributed by atoms with van der Waals surface area (Å²) >= 11 is 0. The average Bonchev–Trinajstić information content (AvgIpc) is 3.20. The second-order valence-corrected chi connectivity index (χ2v) is 7.58. The third-order valence-electron chi connectivity index (χ3n) is 5.31. The van der Waals surface area contributed by atoms with Gasteiger partial charge in [0, 0.05) is 23.4 Å². The molecular formula is C25H24N4O3. The molecule has 0 aromatic heterocycles. The largest absolute Gasteiger partial charge is 0.443 e. The molecule has 3 aromatic carbocycles. The van der Waals surface area contributed by atoms with Gasteiger partial charge in [-0.2, -0.15) is 0 Å². The van der Waals surface area contributed by atoms with Crippen molar-refractivity contribution in [1.29, 1.82) is 5.41 Å². The molecule has 7 heteroatoms. The summed E-state index contributed by atoms with van der Waals surface area (Å²) in [6.07, 6.45) is -0.836. The highest BCUT2D eigenvalue weighted by atomic mass is 16.6. The quantitative estimate of drug-likeness (QED) is 0.289. The summed E-state index contributed by atoms with van der Waals surface area (Å²) in [6, 6.07) is 24.4. The summed E-state index contributed by atoms with van der Waals surface area (Å²) in [7, 11) is 0. The molecule has 1 aliphatic heterocycles. The molecule has 4 rings (SSSR count). The van der Waals surface area contributed by atoms with E-state index in [1.54, 1.807) is 24.3 Å². The van der Waals surface area contributed by atoms with Gasteiger partial charge in [0.2, 0.25) is 0 Å². The maximum absolute atomic E-state index is 12.5. The highest BCUT2D eigenvalue weighted by Crippen LogP contribution is 2.23. The molecule has 1 saturated heterocycles. The Labute approximate surface area is 186 Å². The zero-order valence-corrected chi connectivity index (χ0v) is 17.5. The Morgan fingerprint density at radius 1 is 1.00 bits per heavy atom. The lowest BCUT2D eigenvalue weighted by Gasteiger charge is -2.14. The normalized spacial score (nSPS) is 15.4. The van der Waals surface area contributed by atoms with E-state index in [4.69, 9.17) is 15.9 Å². The molecule has 1 atom stereocenters. The van der Waals surface area contributed by atoms with Crippen LogP contribution in [0.15, 0.2) is 78.9 Å². The lowest BCUT2D eigenvalue weighted by Crippen LogP contribution is -2.33. The topological polar surface area (TPSA) is 109 Å². The van der Waals surface area contributed by atoms with Crippen molar-refractivity contribution in [2.45, 2.75) is 6.10 Å². The zero-order chi connectivity index (χ0) is 22.5. The summed E-state index contributed by atoms with van der Waals surface area (Å²) in [5.74, 6) is -0.0899. The van der Waals surface area contributed by atoms with Crippen LogP contribution >= 0.6 is 0 Å². The molecule has 1 fully saturated rings. The predicted molar refractivity (Wildman–Crippen MR) is 124 cm³/mol. The van der Waals surface area contributed by atoms with E-state index >= 15 is 0 Å². The zero-order valence-electron chi connectivity index (χ0n) is 17.5. The molecule has 7 nitrogen and oxygen atoms in total. The number of ketones is 1. The molecule has 162 valence electrons. The first kappa shape index (κ1) is 21.3. The minimum Gasteiger partial charge on any atom is -0.443 e. The van der Waals surface area contributed by atoms with Gasteiger partial charge in [0.25, 0.3) is 0 Å². The second-order valence-electron chi connectivity index (χ2n) is 7.58. The number of nitrogens with zero attached hydrogens (tertiary/aromatic N) is 1. The van der Waals surface area contributed by atoms with E-state index in [2.05, 4.69) is 5.32 Å². The second kappa shape index (κ2) is 9.45. The van der Waals surface area contributed by atoms with Gasteiger partial charge in [0.05, 0.1) is 13.1 Å². The first-order valence-electron chi connectivity index (χ1n) is 10.3. The summed E-state index contributed by atoms with van der Waals surface area (Å²) in [4.78, 5) is 26.3. The van der Waals surface area contributed by atoms with E-state index in [9.17, 15) is 9.59 Å². The van der Waals surface area contributed by atoms with Crippen molar-refractivity contribution in [2.24, 2.45) is 5.73 Å². The van der Waals surface area contributed by atoms with Crippen LogP contribution < -0.4 is 16.0 Å². The minimum atomic E-state index is -0.458. The Hall–Kier alpha value is -3.97. The molecule has 4 N–H and O–H groups in total. The fraction of sp³-hybridized carbons (Fsp3) is 0.160. The lowest BCUT2D eigenvalue weighted by molar-refractivity contribution is 0.0984.